The third-order valence-corrected chi connectivity index (χ3v) is 4.06. The van der Waals surface area contributed by atoms with Gasteiger partial charge >= 0.3 is 0 Å². The number of hydrogen-bond donors (Lipinski definition) is 0. The van der Waals surface area contributed by atoms with E-state index in [0.29, 0.717) is 6.54 Å². The van der Waals surface area contributed by atoms with Crippen molar-refractivity contribution in [1.82, 2.24) is 19.9 Å². The summed E-state index contributed by atoms with van der Waals surface area (Å²) in [7, 11) is 0. The summed E-state index contributed by atoms with van der Waals surface area (Å²) in [5.41, 5.74) is 2.03. The molecule has 0 aliphatic carbocycles. The van der Waals surface area contributed by atoms with Gasteiger partial charge in [0.05, 0.1) is 12.6 Å². The number of piperazine rings is 1. The Labute approximate surface area is 136 Å². The minimum Gasteiger partial charge on any atom is -0.354 e. The number of anilines is 1. The van der Waals surface area contributed by atoms with E-state index in [1.165, 1.54) is 0 Å². The summed E-state index contributed by atoms with van der Waals surface area (Å²) >= 11 is 0. The summed E-state index contributed by atoms with van der Waals surface area (Å²) in [6.45, 7) is 6.16. The van der Waals surface area contributed by atoms with Gasteiger partial charge in [-0.1, -0.05) is 6.92 Å². The van der Waals surface area contributed by atoms with E-state index in [0.717, 1.165) is 55.5 Å². The molecule has 3 rings (SSSR count). The quantitative estimate of drug-likeness (QED) is 0.802. The zero-order valence-electron chi connectivity index (χ0n) is 13.3. The smallest absolute Gasteiger partial charge is 0.161 e. The molecule has 0 spiro atoms. The van der Waals surface area contributed by atoms with E-state index >= 15 is 0 Å². The van der Waals surface area contributed by atoms with Gasteiger partial charge in [-0.05, 0) is 18.6 Å². The molecule has 0 aromatic carbocycles. The molecule has 118 valence electrons. The van der Waals surface area contributed by atoms with E-state index in [4.69, 9.17) is 10.2 Å². The maximum Gasteiger partial charge on any atom is 0.161 e. The molecule has 2 aromatic rings. The fourth-order valence-electron chi connectivity index (χ4n) is 2.69. The number of hydrogen-bond acceptors (Lipinski definition) is 6. The Balaban J connectivity index is 1.84. The predicted octanol–water partition coefficient (Wildman–Crippen LogP) is 1.75. The van der Waals surface area contributed by atoms with E-state index in [9.17, 15) is 0 Å². The van der Waals surface area contributed by atoms with Crippen LogP contribution in [0.1, 0.15) is 12.6 Å². The number of rotatable bonds is 4. The molecule has 0 amide bonds. The average Bonchev–Trinajstić information content (AvgIpc) is 2.63. The van der Waals surface area contributed by atoms with E-state index in [-0.39, 0.29) is 0 Å². The molecular formula is C17H20N6. The fourth-order valence-corrected chi connectivity index (χ4v) is 2.69. The molecule has 1 fully saturated rings. The van der Waals surface area contributed by atoms with Crippen LogP contribution >= 0.6 is 0 Å². The van der Waals surface area contributed by atoms with Crippen molar-refractivity contribution in [2.45, 2.75) is 13.3 Å². The first kappa shape index (κ1) is 15.4. The molecule has 1 saturated heterocycles. The summed E-state index contributed by atoms with van der Waals surface area (Å²) < 4.78 is 0. The first-order chi connectivity index (χ1) is 11.3. The SMILES string of the molecule is CCc1cc(N2CCN(CC#N)CC2)nc(-c2ccncc2)n1. The molecule has 1 aliphatic rings. The molecule has 0 atom stereocenters. The third kappa shape index (κ3) is 3.63. The molecule has 3 heterocycles. The van der Waals surface area contributed by atoms with Crippen molar-refractivity contribution < 1.29 is 0 Å². The largest absolute Gasteiger partial charge is 0.354 e. The topological polar surface area (TPSA) is 68.9 Å². The molecule has 6 heteroatoms. The van der Waals surface area contributed by atoms with Crippen molar-refractivity contribution in [1.29, 1.82) is 5.26 Å². The molecule has 0 N–H and O–H groups in total. The fraction of sp³-hybridized carbons (Fsp3) is 0.412. The minimum atomic E-state index is 0.500. The minimum absolute atomic E-state index is 0.500. The maximum atomic E-state index is 8.80. The van der Waals surface area contributed by atoms with Gasteiger partial charge in [0.2, 0.25) is 0 Å². The van der Waals surface area contributed by atoms with Crippen molar-refractivity contribution >= 4 is 5.82 Å². The van der Waals surface area contributed by atoms with E-state index in [2.05, 4.69) is 38.8 Å². The number of pyridine rings is 1. The molecule has 0 bridgehead atoms. The molecule has 2 aromatic heterocycles. The Bertz CT molecular complexity index is 686. The van der Waals surface area contributed by atoms with Crippen LogP contribution in [0.3, 0.4) is 0 Å². The van der Waals surface area contributed by atoms with Gasteiger partial charge in [-0.25, -0.2) is 9.97 Å². The van der Waals surface area contributed by atoms with Crippen molar-refractivity contribution in [3.8, 4) is 17.5 Å². The highest BCUT2D eigenvalue weighted by molar-refractivity contribution is 5.57. The molecule has 0 saturated carbocycles. The van der Waals surface area contributed by atoms with Gasteiger partial charge in [0.1, 0.15) is 5.82 Å². The standard InChI is InChI=1S/C17H20N6/c1-2-15-13-16(23-11-9-22(8-5-18)10-12-23)21-17(20-15)14-3-6-19-7-4-14/h3-4,6-7,13H,2,8-12H2,1H3. The van der Waals surface area contributed by atoms with Gasteiger partial charge in [0.15, 0.2) is 5.82 Å². The highest BCUT2D eigenvalue weighted by Gasteiger charge is 2.19. The summed E-state index contributed by atoms with van der Waals surface area (Å²) in [5.74, 6) is 1.72. The summed E-state index contributed by atoms with van der Waals surface area (Å²) in [6, 6.07) is 8.16. The Morgan fingerprint density at radius 2 is 1.87 bits per heavy atom. The summed E-state index contributed by atoms with van der Waals surface area (Å²) in [5, 5.41) is 8.80. The second kappa shape index (κ2) is 7.16. The van der Waals surface area contributed by atoms with Crippen LogP contribution < -0.4 is 4.90 Å². The zero-order chi connectivity index (χ0) is 16.1. The van der Waals surface area contributed by atoms with E-state index in [1.807, 2.05) is 12.1 Å². The Morgan fingerprint density at radius 1 is 1.13 bits per heavy atom. The molecular weight excluding hydrogens is 288 g/mol. The van der Waals surface area contributed by atoms with Crippen LogP contribution in [0.4, 0.5) is 5.82 Å². The lowest BCUT2D eigenvalue weighted by Crippen LogP contribution is -2.46. The van der Waals surface area contributed by atoms with Gasteiger partial charge in [0.25, 0.3) is 0 Å². The number of aromatic nitrogens is 3. The number of aryl methyl sites for hydroxylation is 1. The first-order valence-corrected chi connectivity index (χ1v) is 7.92. The van der Waals surface area contributed by atoms with Crippen LogP contribution in [0.5, 0.6) is 0 Å². The van der Waals surface area contributed by atoms with Crippen molar-refractivity contribution in [2.24, 2.45) is 0 Å². The summed E-state index contributed by atoms with van der Waals surface area (Å²) in [4.78, 5) is 17.9. The van der Waals surface area contributed by atoms with Crippen LogP contribution in [0.15, 0.2) is 30.6 Å². The van der Waals surface area contributed by atoms with Crippen LogP contribution in [-0.4, -0.2) is 52.6 Å². The second-order valence-corrected chi connectivity index (χ2v) is 5.55. The number of nitriles is 1. The van der Waals surface area contributed by atoms with Gasteiger partial charge in [0, 0.05) is 55.9 Å². The Hall–Kier alpha value is -2.52. The second-order valence-electron chi connectivity index (χ2n) is 5.55. The van der Waals surface area contributed by atoms with Crippen LogP contribution in [0.2, 0.25) is 0 Å². The molecule has 0 radical (unpaired) electrons. The van der Waals surface area contributed by atoms with Gasteiger partial charge in [-0.15, -0.1) is 0 Å². The maximum absolute atomic E-state index is 8.80. The number of nitrogens with zero attached hydrogens (tertiary/aromatic N) is 6. The van der Waals surface area contributed by atoms with Crippen LogP contribution in [0.25, 0.3) is 11.4 Å². The molecule has 1 aliphatic heterocycles. The van der Waals surface area contributed by atoms with Crippen molar-refractivity contribution in [3.63, 3.8) is 0 Å². The first-order valence-electron chi connectivity index (χ1n) is 7.92. The summed E-state index contributed by atoms with van der Waals surface area (Å²) in [6.07, 6.45) is 4.40. The highest BCUT2D eigenvalue weighted by Crippen LogP contribution is 2.21. The van der Waals surface area contributed by atoms with Crippen molar-refractivity contribution in [3.05, 3.63) is 36.3 Å². The van der Waals surface area contributed by atoms with E-state index < -0.39 is 0 Å². The predicted molar refractivity (Wildman–Crippen MR) is 88.9 cm³/mol. The molecule has 6 nitrogen and oxygen atoms in total. The Kier molecular flexibility index (Phi) is 4.79. The van der Waals surface area contributed by atoms with Crippen molar-refractivity contribution in [2.75, 3.05) is 37.6 Å². The van der Waals surface area contributed by atoms with Gasteiger partial charge in [-0.3, -0.25) is 9.88 Å². The lowest BCUT2D eigenvalue weighted by Gasteiger charge is -2.34. The third-order valence-electron chi connectivity index (χ3n) is 4.06. The molecule has 0 unspecified atom stereocenters. The van der Waals surface area contributed by atoms with Gasteiger partial charge < -0.3 is 4.90 Å². The van der Waals surface area contributed by atoms with Crippen LogP contribution in [-0.2, 0) is 6.42 Å². The lowest BCUT2D eigenvalue weighted by molar-refractivity contribution is 0.286. The zero-order valence-corrected chi connectivity index (χ0v) is 13.3. The monoisotopic (exact) mass is 308 g/mol. The van der Waals surface area contributed by atoms with E-state index in [1.54, 1.807) is 12.4 Å². The van der Waals surface area contributed by atoms with Gasteiger partial charge in [-0.2, -0.15) is 5.26 Å². The average molecular weight is 308 g/mol. The Morgan fingerprint density at radius 3 is 2.52 bits per heavy atom. The lowest BCUT2D eigenvalue weighted by atomic mass is 10.2. The highest BCUT2D eigenvalue weighted by atomic mass is 15.3. The molecule has 23 heavy (non-hydrogen) atoms. The normalized spacial score (nSPS) is 15.4. The van der Waals surface area contributed by atoms with Crippen LogP contribution in [0, 0.1) is 11.3 Å².